The van der Waals surface area contributed by atoms with Gasteiger partial charge in [-0.3, -0.25) is 9.59 Å². The van der Waals surface area contributed by atoms with Crippen molar-refractivity contribution in [3.8, 4) is 0 Å². The monoisotopic (exact) mass is 481 g/mol. The van der Waals surface area contributed by atoms with Gasteiger partial charge < -0.3 is 30.4 Å². The number of aromatic nitrogens is 4. The summed E-state index contributed by atoms with van der Waals surface area (Å²) in [6.07, 6.45) is 7.06. The van der Waals surface area contributed by atoms with E-state index >= 15 is 0 Å². The van der Waals surface area contributed by atoms with Crippen LogP contribution in [-0.2, 0) is 4.74 Å². The van der Waals surface area contributed by atoms with Gasteiger partial charge in [0.1, 0.15) is 22.9 Å². The van der Waals surface area contributed by atoms with Crippen molar-refractivity contribution in [2.24, 2.45) is 0 Å². The molecule has 0 radical (unpaired) electrons. The highest BCUT2D eigenvalue weighted by Crippen LogP contribution is 2.30. The lowest BCUT2D eigenvalue weighted by molar-refractivity contribution is 0.0368. The first-order chi connectivity index (χ1) is 16.9. The van der Waals surface area contributed by atoms with Crippen molar-refractivity contribution in [2.75, 3.05) is 30.9 Å². The van der Waals surface area contributed by atoms with Crippen molar-refractivity contribution in [2.45, 2.75) is 56.7 Å². The molecule has 3 aromatic heterocycles. The predicted molar refractivity (Wildman–Crippen MR) is 131 cm³/mol. The van der Waals surface area contributed by atoms with E-state index in [-0.39, 0.29) is 23.6 Å². The second kappa shape index (κ2) is 9.31. The highest BCUT2D eigenvalue weighted by atomic mass is 16.5. The van der Waals surface area contributed by atoms with Gasteiger partial charge in [-0.05, 0) is 51.2 Å². The summed E-state index contributed by atoms with van der Waals surface area (Å²) in [4.78, 5) is 30.9. The first-order valence-electron chi connectivity index (χ1n) is 12.0. The number of anilines is 3. The Labute approximate surface area is 202 Å². The van der Waals surface area contributed by atoms with E-state index in [1.807, 2.05) is 6.07 Å². The maximum absolute atomic E-state index is 13.2. The molecule has 3 aromatic rings. The van der Waals surface area contributed by atoms with Crippen LogP contribution >= 0.6 is 0 Å². The Morgan fingerprint density at radius 2 is 2.09 bits per heavy atom. The first kappa shape index (κ1) is 23.3. The molecule has 4 heterocycles. The molecule has 1 saturated heterocycles. The molecule has 11 heteroatoms. The number of aliphatic hydroxyl groups is 1. The average Bonchev–Trinajstić information content (AvgIpc) is 3.43. The highest BCUT2D eigenvalue weighted by Gasteiger charge is 2.38. The average molecular weight is 482 g/mol. The van der Waals surface area contributed by atoms with Gasteiger partial charge >= 0.3 is 0 Å². The van der Waals surface area contributed by atoms with E-state index in [2.05, 4.69) is 26.0 Å². The number of hydrogen-bond donors (Lipinski definition) is 4. The fourth-order valence-electron chi connectivity index (χ4n) is 4.97. The molecule has 1 amide bonds. The molecule has 0 bridgehead atoms. The van der Waals surface area contributed by atoms with Crippen LogP contribution in [0, 0.1) is 0 Å². The zero-order chi connectivity index (χ0) is 24.6. The molecule has 2 aliphatic rings. The van der Waals surface area contributed by atoms with Crippen molar-refractivity contribution in [1.82, 2.24) is 24.5 Å². The molecule has 1 saturated carbocycles. The van der Waals surface area contributed by atoms with Crippen molar-refractivity contribution < 1.29 is 14.6 Å². The molecule has 0 unspecified atom stereocenters. The summed E-state index contributed by atoms with van der Waals surface area (Å²) in [5.41, 5.74) is -0.0461. The summed E-state index contributed by atoms with van der Waals surface area (Å²) in [6, 6.07) is 5.05. The summed E-state index contributed by atoms with van der Waals surface area (Å²) in [7, 11) is 1.75. The SMILES string of the molecule is CNc1cc(Nc2cccn(C3CCOCC3)c2=O)nc2c(C(=O)N[C@H]3CCC[C@]3(C)O)cnn12. The van der Waals surface area contributed by atoms with E-state index in [9.17, 15) is 14.7 Å². The Morgan fingerprint density at radius 3 is 2.80 bits per heavy atom. The maximum Gasteiger partial charge on any atom is 0.274 e. The number of rotatable bonds is 6. The minimum Gasteiger partial charge on any atom is -0.388 e. The van der Waals surface area contributed by atoms with Crippen LogP contribution in [0.3, 0.4) is 0 Å². The number of nitrogens with zero attached hydrogens (tertiary/aromatic N) is 4. The number of carbonyl (C=O) groups excluding carboxylic acids is 1. The summed E-state index contributed by atoms with van der Waals surface area (Å²) in [6.45, 7) is 3.02. The number of hydrogen-bond acceptors (Lipinski definition) is 8. The summed E-state index contributed by atoms with van der Waals surface area (Å²) in [5.74, 6) is 0.664. The lowest BCUT2D eigenvalue weighted by atomic mass is 10.0. The minimum atomic E-state index is -0.938. The van der Waals surface area contributed by atoms with Crippen LogP contribution in [-0.4, -0.2) is 62.1 Å². The second-order valence-corrected chi connectivity index (χ2v) is 9.45. The van der Waals surface area contributed by atoms with Crippen LogP contribution in [0.25, 0.3) is 5.65 Å². The molecule has 0 spiro atoms. The number of carbonyl (C=O) groups is 1. The van der Waals surface area contributed by atoms with E-state index < -0.39 is 5.60 Å². The number of nitrogens with one attached hydrogen (secondary N) is 3. The van der Waals surface area contributed by atoms with Crippen LogP contribution in [0.4, 0.5) is 17.3 Å². The van der Waals surface area contributed by atoms with E-state index in [4.69, 9.17) is 4.74 Å². The normalized spacial score (nSPS) is 22.9. The predicted octanol–water partition coefficient (Wildman–Crippen LogP) is 2.06. The van der Waals surface area contributed by atoms with Crippen LogP contribution in [0.1, 0.15) is 55.4 Å². The molecular weight excluding hydrogens is 450 g/mol. The molecule has 35 heavy (non-hydrogen) atoms. The van der Waals surface area contributed by atoms with E-state index in [0.717, 1.165) is 19.3 Å². The zero-order valence-electron chi connectivity index (χ0n) is 20.0. The Balaban J connectivity index is 1.46. The fraction of sp³-hybridized carbons (Fsp3) is 0.500. The third-order valence-corrected chi connectivity index (χ3v) is 7.03. The Hall–Kier alpha value is -3.44. The number of amides is 1. The van der Waals surface area contributed by atoms with Crippen molar-refractivity contribution in [1.29, 1.82) is 0 Å². The summed E-state index contributed by atoms with van der Waals surface area (Å²) in [5, 5.41) is 24.0. The number of fused-ring (bicyclic) bond motifs is 1. The van der Waals surface area contributed by atoms with Crippen LogP contribution in [0.5, 0.6) is 0 Å². The van der Waals surface area contributed by atoms with Crippen LogP contribution in [0.2, 0.25) is 0 Å². The molecule has 186 valence electrons. The summed E-state index contributed by atoms with van der Waals surface area (Å²) < 4.78 is 8.71. The van der Waals surface area contributed by atoms with Gasteiger partial charge in [-0.15, -0.1) is 0 Å². The Kier molecular flexibility index (Phi) is 6.20. The topological polar surface area (TPSA) is 135 Å². The molecule has 4 N–H and O–H groups in total. The van der Waals surface area contributed by atoms with E-state index in [1.54, 1.807) is 36.9 Å². The first-order valence-corrected chi connectivity index (χ1v) is 12.0. The third kappa shape index (κ3) is 4.48. The van der Waals surface area contributed by atoms with Gasteiger partial charge in [-0.25, -0.2) is 4.98 Å². The summed E-state index contributed by atoms with van der Waals surface area (Å²) >= 11 is 0. The molecular formula is C24H31N7O4. The maximum atomic E-state index is 13.2. The van der Waals surface area contributed by atoms with Gasteiger partial charge in [-0.1, -0.05) is 0 Å². The minimum absolute atomic E-state index is 0.0965. The van der Waals surface area contributed by atoms with Gasteiger partial charge in [0.15, 0.2) is 5.65 Å². The fourth-order valence-corrected chi connectivity index (χ4v) is 4.97. The highest BCUT2D eigenvalue weighted by molar-refractivity contribution is 6.00. The van der Waals surface area contributed by atoms with Gasteiger partial charge in [0.05, 0.1) is 17.8 Å². The second-order valence-electron chi connectivity index (χ2n) is 9.45. The third-order valence-electron chi connectivity index (χ3n) is 7.03. The van der Waals surface area contributed by atoms with Crippen LogP contribution in [0.15, 0.2) is 35.4 Å². The molecule has 5 rings (SSSR count). The van der Waals surface area contributed by atoms with Crippen LogP contribution < -0.4 is 21.5 Å². The quantitative estimate of drug-likeness (QED) is 0.420. The largest absolute Gasteiger partial charge is 0.388 e. The van der Waals surface area contributed by atoms with Gasteiger partial charge in [0.2, 0.25) is 0 Å². The van der Waals surface area contributed by atoms with E-state index in [0.29, 0.717) is 54.6 Å². The van der Waals surface area contributed by atoms with Crippen molar-refractivity contribution in [3.63, 3.8) is 0 Å². The Bertz CT molecular complexity index is 1290. The lowest BCUT2D eigenvalue weighted by Gasteiger charge is -2.26. The zero-order valence-corrected chi connectivity index (χ0v) is 20.0. The smallest absolute Gasteiger partial charge is 0.274 e. The lowest BCUT2D eigenvalue weighted by Crippen LogP contribution is -2.47. The molecule has 1 aliphatic carbocycles. The number of ether oxygens (including phenoxy) is 1. The van der Waals surface area contributed by atoms with Crippen molar-refractivity contribution >= 4 is 28.9 Å². The van der Waals surface area contributed by atoms with Crippen molar-refractivity contribution in [3.05, 3.63) is 46.5 Å². The van der Waals surface area contributed by atoms with Gasteiger partial charge in [-0.2, -0.15) is 9.61 Å². The number of pyridine rings is 1. The molecule has 2 fully saturated rings. The Morgan fingerprint density at radius 1 is 1.29 bits per heavy atom. The molecule has 2 atom stereocenters. The molecule has 0 aromatic carbocycles. The van der Waals surface area contributed by atoms with Gasteiger partial charge in [0.25, 0.3) is 11.5 Å². The molecule has 1 aliphatic heterocycles. The molecule has 11 nitrogen and oxygen atoms in total. The van der Waals surface area contributed by atoms with E-state index in [1.165, 1.54) is 10.7 Å². The van der Waals surface area contributed by atoms with Gasteiger partial charge in [0, 0.05) is 38.6 Å². The standard InChI is InChI=1S/C24H31N7O4/c1-24(34)9-3-6-18(24)28-22(32)16-14-26-31-20(25-2)13-19(29-21(16)31)27-17-5-4-10-30(23(17)33)15-7-11-35-12-8-15/h4-5,10,13-15,18,25,34H,3,6-9,11-12H2,1-2H3,(H,27,29)(H,28,32)/t18-,24-/m0/s1.